The van der Waals surface area contributed by atoms with Crippen LogP contribution < -0.4 is 0 Å². The summed E-state index contributed by atoms with van der Waals surface area (Å²) in [6, 6.07) is 0. The SMILES string of the molecule is CCC(CC)=C(C)OP(=O)(O)O. The molecule has 0 unspecified atom stereocenters. The van der Waals surface area contributed by atoms with Gasteiger partial charge in [-0.05, 0) is 25.3 Å². The van der Waals surface area contributed by atoms with Gasteiger partial charge in [0.25, 0.3) is 0 Å². The molecule has 0 bridgehead atoms. The van der Waals surface area contributed by atoms with E-state index in [0.717, 1.165) is 18.4 Å². The van der Waals surface area contributed by atoms with Gasteiger partial charge in [0.1, 0.15) is 5.76 Å². The van der Waals surface area contributed by atoms with Crippen molar-refractivity contribution in [3.05, 3.63) is 11.3 Å². The summed E-state index contributed by atoms with van der Waals surface area (Å²) in [6.07, 6.45) is 1.50. The van der Waals surface area contributed by atoms with E-state index in [1.165, 1.54) is 0 Å². The quantitative estimate of drug-likeness (QED) is 0.531. The van der Waals surface area contributed by atoms with Crippen LogP contribution >= 0.6 is 7.82 Å². The summed E-state index contributed by atoms with van der Waals surface area (Å²) < 4.78 is 14.8. The third kappa shape index (κ3) is 4.54. The Morgan fingerprint density at radius 1 is 1.33 bits per heavy atom. The molecule has 0 spiro atoms. The van der Waals surface area contributed by atoms with Crippen molar-refractivity contribution in [3.8, 4) is 0 Å². The molecule has 0 atom stereocenters. The van der Waals surface area contributed by atoms with Crippen LogP contribution in [0.15, 0.2) is 11.3 Å². The van der Waals surface area contributed by atoms with Crippen molar-refractivity contribution in [2.45, 2.75) is 33.6 Å². The van der Waals surface area contributed by atoms with Gasteiger partial charge in [-0.1, -0.05) is 13.8 Å². The van der Waals surface area contributed by atoms with E-state index < -0.39 is 7.82 Å². The third-order valence-electron chi connectivity index (χ3n) is 1.61. The smallest absolute Gasteiger partial charge is 0.409 e. The molecule has 0 aromatic heterocycles. The van der Waals surface area contributed by atoms with Gasteiger partial charge in [0.2, 0.25) is 0 Å². The van der Waals surface area contributed by atoms with Crippen LogP contribution in [0.4, 0.5) is 0 Å². The predicted octanol–water partition coefficient (Wildman–Crippen LogP) is 2.19. The molecule has 4 nitrogen and oxygen atoms in total. The lowest BCUT2D eigenvalue weighted by Gasteiger charge is -2.10. The minimum Gasteiger partial charge on any atom is -0.409 e. The number of hydrogen-bond donors (Lipinski definition) is 2. The van der Waals surface area contributed by atoms with E-state index in [1.807, 2.05) is 13.8 Å². The Hall–Kier alpha value is -0.310. The van der Waals surface area contributed by atoms with E-state index in [9.17, 15) is 4.57 Å². The first kappa shape index (κ1) is 11.7. The van der Waals surface area contributed by atoms with Crippen molar-refractivity contribution in [2.75, 3.05) is 0 Å². The first-order valence-corrected chi connectivity index (χ1v) is 5.37. The second-order valence-electron chi connectivity index (χ2n) is 2.45. The van der Waals surface area contributed by atoms with Crippen molar-refractivity contribution < 1.29 is 18.9 Å². The molecule has 0 aromatic rings. The van der Waals surface area contributed by atoms with Crippen molar-refractivity contribution in [2.24, 2.45) is 0 Å². The minimum absolute atomic E-state index is 0.341. The third-order valence-corrected chi connectivity index (χ3v) is 2.12. The van der Waals surface area contributed by atoms with E-state index in [4.69, 9.17) is 9.79 Å². The number of phosphoric ester groups is 1. The lowest BCUT2D eigenvalue weighted by Crippen LogP contribution is -1.91. The highest BCUT2D eigenvalue weighted by Gasteiger charge is 2.16. The van der Waals surface area contributed by atoms with Crippen molar-refractivity contribution in [3.63, 3.8) is 0 Å². The van der Waals surface area contributed by atoms with E-state index in [1.54, 1.807) is 6.92 Å². The molecule has 5 heteroatoms. The number of hydrogen-bond acceptors (Lipinski definition) is 2. The van der Waals surface area contributed by atoms with Gasteiger partial charge in [0.05, 0.1) is 0 Å². The zero-order valence-corrected chi connectivity index (χ0v) is 8.47. The van der Waals surface area contributed by atoms with Gasteiger partial charge >= 0.3 is 7.82 Å². The fraction of sp³-hybridized carbons (Fsp3) is 0.714. The molecule has 0 aliphatic rings. The fourth-order valence-corrected chi connectivity index (χ4v) is 1.48. The van der Waals surface area contributed by atoms with Gasteiger partial charge in [-0.25, -0.2) is 4.57 Å². The minimum atomic E-state index is -4.36. The predicted molar refractivity (Wildman–Crippen MR) is 46.4 cm³/mol. The van der Waals surface area contributed by atoms with Gasteiger partial charge in [-0.3, -0.25) is 9.79 Å². The lowest BCUT2D eigenvalue weighted by atomic mass is 10.1. The van der Waals surface area contributed by atoms with Crippen molar-refractivity contribution in [1.29, 1.82) is 0 Å². The van der Waals surface area contributed by atoms with Gasteiger partial charge in [0.15, 0.2) is 0 Å². The fourth-order valence-electron chi connectivity index (χ4n) is 0.991. The highest BCUT2D eigenvalue weighted by atomic mass is 31.2. The molecule has 12 heavy (non-hydrogen) atoms. The molecule has 0 amide bonds. The van der Waals surface area contributed by atoms with E-state index >= 15 is 0 Å². The Bertz CT molecular complexity index is 209. The average Bonchev–Trinajstić information content (AvgIpc) is 1.85. The Labute approximate surface area is 72.5 Å². The molecule has 0 saturated heterocycles. The summed E-state index contributed by atoms with van der Waals surface area (Å²) in [4.78, 5) is 17.0. The van der Waals surface area contributed by atoms with Crippen LogP contribution in [0.1, 0.15) is 33.6 Å². The molecule has 72 valence electrons. The van der Waals surface area contributed by atoms with Gasteiger partial charge in [0, 0.05) is 0 Å². The van der Waals surface area contributed by atoms with Crippen LogP contribution in [-0.4, -0.2) is 9.79 Å². The van der Waals surface area contributed by atoms with E-state index in [0.29, 0.717) is 5.76 Å². The Kier molecular flexibility index (Phi) is 4.53. The first-order chi connectivity index (χ1) is 5.40. The second kappa shape index (κ2) is 4.65. The summed E-state index contributed by atoms with van der Waals surface area (Å²) in [5.74, 6) is 0.341. The van der Waals surface area contributed by atoms with Crippen molar-refractivity contribution >= 4 is 7.82 Å². The highest BCUT2D eigenvalue weighted by Crippen LogP contribution is 2.39. The standard InChI is InChI=1S/C7H15O4P/c1-4-7(5-2)6(3)11-12(8,9)10/h4-5H2,1-3H3,(H2,8,9,10). The maximum atomic E-state index is 10.4. The van der Waals surface area contributed by atoms with Crippen molar-refractivity contribution in [1.82, 2.24) is 0 Å². The molecule has 0 aromatic carbocycles. The summed E-state index contributed by atoms with van der Waals surface area (Å²) in [5, 5.41) is 0. The van der Waals surface area contributed by atoms with Crippen LogP contribution in [0.25, 0.3) is 0 Å². The maximum absolute atomic E-state index is 10.4. The number of allylic oxidation sites excluding steroid dienone is 2. The summed E-state index contributed by atoms with van der Waals surface area (Å²) in [6.45, 7) is 5.41. The lowest BCUT2D eigenvalue weighted by molar-refractivity contribution is 0.240. The Balaban J connectivity index is 4.45. The average molecular weight is 194 g/mol. The molecule has 2 N–H and O–H groups in total. The summed E-state index contributed by atoms with van der Waals surface area (Å²) in [7, 11) is -4.36. The van der Waals surface area contributed by atoms with Crippen LogP contribution in [0.2, 0.25) is 0 Å². The summed E-state index contributed by atoms with van der Waals surface area (Å²) in [5.41, 5.74) is 0.929. The zero-order chi connectivity index (χ0) is 9.78. The molecule has 0 radical (unpaired) electrons. The molecule has 0 rings (SSSR count). The Morgan fingerprint density at radius 2 is 1.75 bits per heavy atom. The highest BCUT2D eigenvalue weighted by molar-refractivity contribution is 7.46. The molecule has 0 heterocycles. The largest absolute Gasteiger partial charge is 0.524 e. The molecule has 0 aliphatic carbocycles. The monoisotopic (exact) mass is 194 g/mol. The summed E-state index contributed by atoms with van der Waals surface area (Å²) >= 11 is 0. The van der Waals surface area contributed by atoms with Crippen LogP contribution in [0.3, 0.4) is 0 Å². The maximum Gasteiger partial charge on any atom is 0.524 e. The topological polar surface area (TPSA) is 66.8 Å². The van der Waals surface area contributed by atoms with E-state index in [2.05, 4.69) is 4.52 Å². The number of phosphoric acid groups is 1. The molecule has 0 fully saturated rings. The van der Waals surface area contributed by atoms with E-state index in [-0.39, 0.29) is 0 Å². The van der Waals surface area contributed by atoms with Gasteiger partial charge < -0.3 is 4.52 Å². The van der Waals surface area contributed by atoms with Gasteiger partial charge in [-0.15, -0.1) is 0 Å². The van der Waals surface area contributed by atoms with Crippen LogP contribution in [0, 0.1) is 0 Å². The second-order valence-corrected chi connectivity index (χ2v) is 3.61. The van der Waals surface area contributed by atoms with Crippen LogP contribution in [-0.2, 0) is 9.09 Å². The van der Waals surface area contributed by atoms with Crippen LogP contribution in [0.5, 0.6) is 0 Å². The number of rotatable bonds is 4. The zero-order valence-electron chi connectivity index (χ0n) is 7.57. The molecule has 0 saturated carbocycles. The molecular formula is C7H15O4P. The molecular weight excluding hydrogens is 179 g/mol. The normalized spacial score (nSPS) is 11.1. The first-order valence-electron chi connectivity index (χ1n) is 3.84. The molecule has 0 aliphatic heterocycles. The van der Waals surface area contributed by atoms with Gasteiger partial charge in [-0.2, -0.15) is 0 Å². The Morgan fingerprint density at radius 3 is 2.00 bits per heavy atom.